The van der Waals surface area contributed by atoms with Crippen molar-refractivity contribution >= 4 is 12.6 Å². The van der Waals surface area contributed by atoms with Gasteiger partial charge in [-0.15, -0.1) is 0 Å². The molecule has 0 aromatic heterocycles. The molecular formula is C37H31BO3. The summed E-state index contributed by atoms with van der Waals surface area (Å²) < 4.78 is 19.6. The van der Waals surface area contributed by atoms with Crippen molar-refractivity contribution in [2.75, 3.05) is 0 Å². The summed E-state index contributed by atoms with van der Waals surface area (Å²) in [4.78, 5) is 0. The number of para-hydroxylation sites is 2. The lowest BCUT2D eigenvalue weighted by Gasteiger charge is -2.42. The minimum atomic E-state index is -0.592. The Bertz CT molecular complexity index is 1790. The van der Waals surface area contributed by atoms with Crippen molar-refractivity contribution in [3.63, 3.8) is 0 Å². The summed E-state index contributed by atoms with van der Waals surface area (Å²) in [6, 6.07) is 41.4. The van der Waals surface area contributed by atoms with E-state index < -0.39 is 23.7 Å². The summed E-state index contributed by atoms with van der Waals surface area (Å²) in [5.41, 5.74) is 9.16. The Morgan fingerprint density at radius 3 is 1.54 bits per heavy atom. The van der Waals surface area contributed by atoms with Crippen LogP contribution in [0.5, 0.6) is 11.5 Å². The van der Waals surface area contributed by atoms with E-state index in [0.717, 1.165) is 28.1 Å². The average molecular weight is 534 g/mol. The second-order valence-electron chi connectivity index (χ2n) is 12.3. The first-order valence-corrected chi connectivity index (χ1v) is 14.4. The molecule has 8 rings (SSSR count). The smallest absolute Gasteiger partial charge is 0.457 e. The van der Waals surface area contributed by atoms with E-state index in [4.69, 9.17) is 14.0 Å². The summed E-state index contributed by atoms with van der Waals surface area (Å²) in [5.74, 6) is 1.76. The van der Waals surface area contributed by atoms with Crippen molar-refractivity contribution in [3.8, 4) is 33.8 Å². The highest BCUT2D eigenvalue weighted by atomic mass is 16.7. The van der Waals surface area contributed by atoms with Gasteiger partial charge in [-0.1, -0.05) is 103 Å². The summed E-state index contributed by atoms with van der Waals surface area (Å²) in [6.45, 7) is 8.42. The van der Waals surface area contributed by atoms with Crippen LogP contribution in [0.25, 0.3) is 22.3 Å². The third kappa shape index (κ3) is 3.29. The summed E-state index contributed by atoms with van der Waals surface area (Å²) in [6.07, 6.45) is 0. The maximum absolute atomic E-state index is 6.56. The van der Waals surface area contributed by atoms with Gasteiger partial charge in [0.05, 0.1) is 16.6 Å². The highest BCUT2D eigenvalue weighted by Gasteiger charge is 2.53. The third-order valence-corrected chi connectivity index (χ3v) is 9.61. The molecular weight excluding hydrogens is 503 g/mol. The summed E-state index contributed by atoms with van der Waals surface area (Å²) >= 11 is 0. The number of fused-ring (bicyclic) bond motifs is 11. The molecule has 2 heterocycles. The number of hydrogen-bond acceptors (Lipinski definition) is 3. The van der Waals surface area contributed by atoms with E-state index in [1.165, 1.54) is 33.4 Å². The van der Waals surface area contributed by atoms with Crippen LogP contribution in [0.2, 0.25) is 0 Å². The van der Waals surface area contributed by atoms with Gasteiger partial charge >= 0.3 is 7.12 Å². The van der Waals surface area contributed by atoms with Crippen LogP contribution in [-0.4, -0.2) is 18.3 Å². The van der Waals surface area contributed by atoms with Gasteiger partial charge in [-0.2, -0.15) is 0 Å². The van der Waals surface area contributed by atoms with Gasteiger partial charge in [-0.05, 0) is 78.7 Å². The molecule has 0 radical (unpaired) electrons. The number of rotatable bonds is 1. The molecule has 1 aliphatic carbocycles. The van der Waals surface area contributed by atoms with Crippen LogP contribution in [0.15, 0.2) is 115 Å². The maximum atomic E-state index is 6.56. The lowest BCUT2D eigenvalue weighted by atomic mass is 9.61. The highest BCUT2D eigenvalue weighted by molar-refractivity contribution is 6.62. The average Bonchev–Trinajstić information content (AvgIpc) is 3.15. The van der Waals surface area contributed by atoms with Crippen LogP contribution in [-0.2, 0) is 14.7 Å². The maximum Gasteiger partial charge on any atom is 0.494 e. The van der Waals surface area contributed by atoms with Crippen molar-refractivity contribution in [2.24, 2.45) is 0 Å². The lowest BCUT2D eigenvalue weighted by molar-refractivity contribution is 0.00578. The molecule has 1 spiro atoms. The summed E-state index contributed by atoms with van der Waals surface area (Å²) in [7, 11) is -0.451. The molecule has 5 aromatic rings. The topological polar surface area (TPSA) is 27.7 Å². The predicted octanol–water partition coefficient (Wildman–Crippen LogP) is 8.12. The van der Waals surface area contributed by atoms with E-state index in [2.05, 4.69) is 143 Å². The standard InChI is InChI=1S/C37H31BO3/c1-35(2)36(3,4)41-38(40-35)24-21-22-30-28(23-24)26-14-6-5-13-25(26)27-15-7-8-16-29(27)37(30)31-17-9-11-19-33(31)39-34-20-12-10-18-32(34)37/h5-23H,1-4H3. The Kier molecular flexibility index (Phi) is 5.08. The van der Waals surface area contributed by atoms with Crippen molar-refractivity contribution in [1.82, 2.24) is 0 Å². The molecule has 41 heavy (non-hydrogen) atoms. The predicted molar refractivity (Wildman–Crippen MR) is 165 cm³/mol. The fourth-order valence-corrected chi connectivity index (χ4v) is 6.96. The van der Waals surface area contributed by atoms with Gasteiger partial charge in [0, 0.05) is 11.1 Å². The molecule has 0 atom stereocenters. The first-order chi connectivity index (χ1) is 19.8. The molecule has 3 nitrogen and oxygen atoms in total. The van der Waals surface area contributed by atoms with E-state index in [-0.39, 0.29) is 0 Å². The number of hydrogen-bond donors (Lipinski definition) is 0. The fourth-order valence-electron chi connectivity index (χ4n) is 6.96. The molecule has 200 valence electrons. The second-order valence-corrected chi connectivity index (χ2v) is 12.3. The molecule has 1 fully saturated rings. The Morgan fingerprint density at radius 2 is 0.927 bits per heavy atom. The van der Waals surface area contributed by atoms with Crippen LogP contribution < -0.4 is 10.2 Å². The monoisotopic (exact) mass is 534 g/mol. The van der Waals surface area contributed by atoms with Crippen LogP contribution in [0, 0.1) is 0 Å². The number of benzene rings is 5. The van der Waals surface area contributed by atoms with Gasteiger partial charge in [-0.3, -0.25) is 0 Å². The third-order valence-electron chi connectivity index (χ3n) is 9.61. The van der Waals surface area contributed by atoms with Crippen LogP contribution in [0.4, 0.5) is 0 Å². The van der Waals surface area contributed by atoms with Crippen molar-refractivity contribution in [1.29, 1.82) is 0 Å². The molecule has 0 saturated carbocycles. The van der Waals surface area contributed by atoms with Gasteiger partial charge < -0.3 is 14.0 Å². The van der Waals surface area contributed by atoms with Crippen molar-refractivity contribution in [2.45, 2.75) is 44.3 Å². The minimum Gasteiger partial charge on any atom is -0.457 e. The highest BCUT2D eigenvalue weighted by Crippen LogP contribution is 2.60. The molecule has 2 aliphatic heterocycles. The first-order valence-electron chi connectivity index (χ1n) is 14.4. The largest absolute Gasteiger partial charge is 0.494 e. The zero-order valence-electron chi connectivity index (χ0n) is 23.8. The van der Waals surface area contributed by atoms with Crippen molar-refractivity contribution in [3.05, 3.63) is 138 Å². The van der Waals surface area contributed by atoms with Gasteiger partial charge in [-0.25, -0.2) is 0 Å². The van der Waals surface area contributed by atoms with Crippen LogP contribution >= 0.6 is 0 Å². The van der Waals surface area contributed by atoms with Crippen LogP contribution in [0.3, 0.4) is 0 Å². The number of ether oxygens (including phenoxy) is 1. The Labute approximate surface area is 241 Å². The normalized spacial score (nSPS) is 18.3. The van der Waals surface area contributed by atoms with E-state index in [0.29, 0.717) is 0 Å². The van der Waals surface area contributed by atoms with Gasteiger partial charge in [0.15, 0.2) is 0 Å². The van der Waals surface area contributed by atoms with E-state index in [1.54, 1.807) is 0 Å². The molecule has 0 N–H and O–H groups in total. The van der Waals surface area contributed by atoms with Gasteiger partial charge in [0.1, 0.15) is 11.5 Å². The Hall–Kier alpha value is -4.12. The SMILES string of the molecule is CC1(C)OB(c2ccc3c(c2)-c2ccccc2-c2ccccc2C32c3ccccc3Oc3ccccc32)OC1(C)C. The minimum absolute atomic E-state index is 0.418. The summed E-state index contributed by atoms with van der Waals surface area (Å²) in [5, 5.41) is 0. The first kappa shape index (κ1) is 24.7. The van der Waals surface area contributed by atoms with Crippen LogP contribution in [0.1, 0.15) is 49.9 Å². The zero-order chi connectivity index (χ0) is 28.0. The van der Waals surface area contributed by atoms with Gasteiger partial charge in [0.2, 0.25) is 0 Å². The molecule has 4 heteroatoms. The zero-order valence-corrected chi connectivity index (χ0v) is 23.8. The molecule has 0 amide bonds. The second kappa shape index (κ2) is 8.45. The fraction of sp³-hybridized carbons (Fsp3) is 0.189. The lowest BCUT2D eigenvalue weighted by Crippen LogP contribution is -2.41. The molecule has 1 saturated heterocycles. The Balaban J connectivity index is 1.50. The van der Waals surface area contributed by atoms with Gasteiger partial charge in [0.25, 0.3) is 0 Å². The molecule has 5 aromatic carbocycles. The van der Waals surface area contributed by atoms with E-state index in [9.17, 15) is 0 Å². The van der Waals surface area contributed by atoms with E-state index in [1.807, 2.05) is 0 Å². The van der Waals surface area contributed by atoms with Crippen molar-refractivity contribution < 1.29 is 14.0 Å². The van der Waals surface area contributed by atoms with E-state index >= 15 is 0 Å². The Morgan fingerprint density at radius 1 is 0.463 bits per heavy atom. The quantitative estimate of drug-likeness (QED) is 0.199. The molecule has 0 bridgehead atoms. The molecule has 0 unspecified atom stereocenters. The molecule has 3 aliphatic rings.